The molecule has 0 aromatic heterocycles. The van der Waals surface area contributed by atoms with Crippen LogP contribution >= 0.6 is 0 Å². The molecule has 3 nitrogen and oxygen atoms in total. The molecule has 21 heavy (non-hydrogen) atoms. The summed E-state index contributed by atoms with van der Waals surface area (Å²) >= 11 is 0. The number of benzene rings is 1. The van der Waals surface area contributed by atoms with Crippen molar-refractivity contribution in [1.82, 2.24) is 4.90 Å². The summed E-state index contributed by atoms with van der Waals surface area (Å²) in [5, 5.41) is 0. The third-order valence-electron chi connectivity index (χ3n) is 4.33. The van der Waals surface area contributed by atoms with Crippen LogP contribution in [0, 0.1) is 23.5 Å². The second-order valence-corrected chi connectivity index (χ2v) is 5.82. The number of carbonyl (C=O) groups excluding carboxylic acids is 1. The van der Waals surface area contributed by atoms with Crippen LogP contribution in [0.4, 0.5) is 8.78 Å². The fourth-order valence-electron chi connectivity index (χ4n) is 3.08. The highest BCUT2D eigenvalue weighted by atomic mass is 19.1. The molecule has 1 amide bonds. The van der Waals surface area contributed by atoms with Gasteiger partial charge in [0.25, 0.3) is 0 Å². The first kappa shape index (κ1) is 15.9. The summed E-state index contributed by atoms with van der Waals surface area (Å²) in [4.78, 5) is 14.0. The van der Waals surface area contributed by atoms with Crippen LogP contribution in [0.25, 0.3) is 0 Å². The Morgan fingerprint density at radius 3 is 2.71 bits per heavy atom. The smallest absolute Gasteiger partial charge is 0.226 e. The maximum atomic E-state index is 13.7. The Kier molecular flexibility index (Phi) is 5.28. The molecule has 2 rings (SSSR count). The fourth-order valence-corrected chi connectivity index (χ4v) is 3.08. The van der Waals surface area contributed by atoms with E-state index in [2.05, 4.69) is 0 Å². The van der Waals surface area contributed by atoms with Crippen molar-refractivity contribution < 1.29 is 13.6 Å². The van der Waals surface area contributed by atoms with Crippen molar-refractivity contribution in [2.24, 2.45) is 17.6 Å². The molecular formula is C16H22F2N2O. The van der Waals surface area contributed by atoms with Crippen LogP contribution < -0.4 is 5.73 Å². The highest BCUT2D eigenvalue weighted by Gasteiger charge is 2.31. The van der Waals surface area contributed by atoms with Gasteiger partial charge in [0.05, 0.1) is 0 Å². The van der Waals surface area contributed by atoms with E-state index >= 15 is 0 Å². The van der Waals surface area contributed by atoms with Crippen LogP contribution in [0.15, 0.2) is 18.2 Å². The summed E-state index contributed by atoms with van der Waals surface area (Å²) in [5.74, 6) is -1.08. The first-order valence-corrected chi connectivity index (χ1v) is 7.42. The normalized spacial score (nSPS) is 22.1. The van der Waals surface area contributed by atoms with Crippen molar-refractivity contribution in [1.29, 1.82) is 0 Å². The molecule has 116 valence electrons. The molecule has 1 aromatic rings. The zero-order chi connectivity index (χ0) is 15.4. The van der Waals surface area contributed by atoms with E-state index in [1.807, 2.05) is 0 Å². The van der Waals surface area contributed by atoms with Gasteiger partial charge in [0.1, 0.15) is 11.6 Å². The zero-order valence-electron chi connectivity index (χ0n) is 12.3. The topological polar surface area (TPSA) is 46.3 Å². The summed E-state index contributed by atoms with van der Waals surface area (Å²) in [5.41, 5.74) is 6.08. The Bertz CT molecular complexity index is 507. The highest BCUT2D eigenvalue weighted by molar-refractivity contribution is 5.79. The molecule has 1 fully saturated rings. The molecule has 2 N–H and O–H groups in total. The Labute approximate surface area is 124 Å². The number of rotatable bonds is 4. The van der Waals surface area contributed by atoms with Gasteiger partial charge in [-0.25, -0.2) is 8.78 Å². The van der Waals surface area contributed by atoms with Crippen molar-refractivity contribution in [3.63, 3.8) is 0 Å². The number of nitrogens with zero attached hydrogens (tertiary/aromatic N) is 1. The molecule has 1 saturated carbocycles. The maximum Gasteiger partial charge on any atom is 0.226 e. The lowest BCUT2D eigenvalue weighted by molar-refractivity contribution is -0.137. The van der Waals surface area contributed by atoms with E-state index in [0.29, 0.717) is 12.1 Å². The first-order chi connectivity index (χ1) is 10.0. The molecule has 0 heterocycles. The Balaban J connectivity index is 2.04. The van der Waals surface area contributed by atoms with E-state index in [1.165, 1.54) is 17.0 Å². The minimum Gasteiger partial charge on any atom is -0.341 e. The Morgan fingerprint density at radius 2 is 2.05 bits per heavy atom. The lowest BCUT2D eigenvalue weighted by Crippen LogP contribution is -2.40. The van der Waals surface area contributed by atoms with Gasteiger partial charge in [-0.2, -0.15) is 0 Å². The molecule has 0 spiro atoms. The number of nitrogens with two attached hydrogens (primary N) is 1. The van der Waals surface area contributed by atoms with E-state index < -0.39 is 11.6 Å². The number of amides is 1. The van der Waals surface area contributed by atoms with Crippen molar-refractivity contribution in [3.05, 3.63) is 35.4 Å². The predicted molar refractivity (Wildman–Crippen MR) is 77.3 cm³/mol. The minimum atomic E-state index is -0.617. The van der Waals surface area contributed by atoms with E-state index in [1.54, 1.807) is 7.05 Å². The summed E-state index contributed by atoms with van der Waals surface area (Å²) in [6.45, 7) is 0.661. The third-order valence-corrected chi connectivity index (χ3v) is 4.33. The van der Waals surface area contributed by atoms with Gasteiger partial charge in [-0.05, 0) is 31.4 Å². The van der Waals surface area contributed by atoms with Crippen LogP contribution in [0.1, 0.15) is 31.2 Å². The van der Waals surface area contributed by atoms with Crippen LogP contribution in [0.2, 0.25) is 0 Å². The lowest BCUT2D eigenvalue weighted by atomic mass is 9.78. The number of hydrogen-bond donors (Lipinski definition) is 1. The molecule has 1 aromatic carbocycles. The lowest BCUT2D eigenvalue weighted by Gasteiger charge is -2.32. The van der Waals surface area contributed by atoms with Gasteiger partial charge in [-0.15, -0.1) is 0 Å². The summed E-state index contributed by atoms with van der Waals surface area (Å²) < 4.78 is 26.6. The van der Waals surface area contributed by atoms with Gasteiger partial charge in [0.2, 0.25) is 5.91 Å². The van der Waals surface area contributed by atoms with Gasteiger partial charge in [-0.3, -0.25) is 4.79 Å². The summed E-state index contributed by atoms with van der Waals surface area (Å²) in [6.07, 6.45) is 3.97. The molecule has 2 unspecified atom stereocenters. The van der Waals surface area contributed by atoms with E-state index in [-0.39, 0.29) is 24.3 Å². The summed E-state index contributed by atoms with van der Waals surface area (Å²) in [6, 6.07) is 3.44. The molecular weight excluding hydrogens is 274 g/mol. The molecule has 0 radical (unpaired) electrons. The average molecular weight is 296 g/mol. The quantitative estimate of drug-likeness (QED) is 0.928. The highest BCUT2D eigenvalue weighted by Crippen LogP contribution is 2.31. The van der Waals surface area contributed by atoms with Gasteiger partial charge in [0, 0.05) is 31.1 Å². The van der Waals surface area contributed by atoms with Crippen molar-refractivity contribution in [2.75, 3.05) is 13.6 Å². The molecule has 0 saturated heterocycles. The van der Waals surface area contributed by atoms with Crippen LogP contribution in [0.3, 0.4) is 0 Å². The van der Waals surface area contributed by atoms with Crippen molar-refractivity contribution >= 4 is 5.91 Å². The standard InChI is InChI=1S/C16H22F2N2O/c1-20(10-12-6-7-13(17)8-15(12)18)16(21)14-5-3-2-4-11(14)9-19/h6-8,11,14H,2-5,9-10,19H2,1H3. The maximum absolute atomic E-state index is 13.7. The van der Waals surface area contributed by atoms with Gasteiger partial charge in [-0.1, -0.05) is 18.9 Å². The van der Waals surface area contributed by atoms with Crippen LogP contribution in [-0.4, -0.2) is 24.4 Å². The Morgan fingerprint density at radius 1 is 1.33 bits per heavy atom. The monoisotopic (exact) mass is 296 g/mol. The number of halogens is 2. The van der Waals surface area contributed by atoms with Crippen LogP contribution in [-0.2, 0) is 11.3 Å². The molecule has 2 atom stereocenters. The molecule has 0 bridgehead atoms. The molecule has 1 aliphatic carbocycles. The van der Waals surface area contributed by atoms with E-state index in [4.69, 9.17) is 5.73 Å². The average Bonchev–Trinajstić information content (AvgIpc) is 2.49. The second kappa shape index (κ2) is 6.98. The Hall–Kier alpha value is -1.49. The van der Waals surface area contributed by atoms with Crippen LogP contribution in [0.5, 0.6) is 0 Å². The second-order valence-electron chi connectivity index (χ2n) is 5.82. The first-order valence-electron chi connectivity index (χ1n) is 7.42. The molecule has 1 aliphatic rings. The van der Waals surface area contributed by atoms with Gasteiger partial charge < -0.3 is 10.6 Å². The van der Waals surface area contributed by atoms with Gasteiger partial charge >= 0.3 is 0 Å². The van der Waals surface area contributed by atoms with Crippen molar-refractivity contribution in [2.45, 2.75) is 32.2 Å². The fraction of sp³-hybridized carbons (Fsp3) is 0.562. The molecule has 5 heteroatoms. The van der Waals surface area contributed by atoms with Crippen molar-refractivity contribution in [3.8, 4) is 0 Å². The third kappa shape index (κ3) is 3.79. The largest absolute Gasteiger partial charge is 0.341 e. The zero-order valence-corrected chi connectivity index (χ0v) is 12.3. The summed E-state index contributed by atoms with van der Waals surface area (Å²) in [7, 11) is 1.66. The number of carbonyl (C=O) groups is 1. The van der Waals surface area contributed by atoms with E-state index in [0.717, 1.165) is 31.7 Å². The SMILES string of the molecule is CN(Cc1ccc(F)cc1F)C(=O)C1CCCCC1CN. The molecule has 0 aliphatic heterocycles. The van der Waals surface area contributed by atoms with Gasteiger partial charge in [0.15, 0.2) is 0 Å². The minimum absolute atomic E-state index is 0.00822. The number of hydrogen-bond acceptors (Lipinski definition) is 2. The van der Waals surface area contributed by atoms with E-state index in [9.17, 15) is 13.6 Å². The predicted octanol–water partition coefficient (Wildman–Crippen LogP) is 2.69.